The van der Waals surface area contributed by atoms with Crippen LogP contribution in [0.4, 0.5) is 5.69 Å². The number of halogens is 2. The number of carbonyl (C=O) groups excluding carboxylic acids is 2. The molecule has 7 nitrogen and oxygen atoms in total. The molecule has 0 aromatic heterocycles. The summed E-state index contributed by atoms with van der Waals surface area (Å²) in [4.78, 5) is 26.2. The molecule has 160 valence electrons. The number of hydrogen-bond acceptors (Lipinski definition) is 5. The van der Waals surface area contributed by atoms with Gasteiger partial charge in [-0.15, -0.1) is 0 Å². The number of ether oxygens (including phenoxy) is 2. The first-order valence-corrected chi connectivity index (χ1v) is 10.2. The van der Waals surface area contributed by atoms with Crippen molar-refractivity contribution in [2.24, 2.45) is 0 Å². The summed E-state index contributed by atoms with van der Waals surface area (Å²) in [7, 11) is 0. The molecule has 0 unspecified atom stereocenters. The van der Waals surface area contributed by atoms with E-state index >= 15 is 0 Å². The Hall–Kier alpha value is -3.05. The van der Waals surface area contributed by atoms with Crippen LogP contribution in [0.25, 0.3) is 6.08 Å². The number of rotatable bonds is 6. The summed E-state index contributed by atoms with van der Waals surface area (Å²) in [5.74, 6) is -0.249. The number of nitrogens with zero attached hydrogens (tertiary/aromatic N) is 2. The SMILES string of the molecule is N#C/C(=C\c1ccc(OCC(=O)Nc2cc(Cl)ccc2Cl)cc1)C(=O)N1CCOCC1. The van der Waals surface area contributed by atoms with Gasteiger partial charge in [-0.1, -0.05) is 35.3 Å². The Labute approximate surface area is 189 Å². The molecule has 0 radical (unpaired) electrons. The molecule has 9 heteroatoms. The number of nitriles is 1. The summed E-state index contributed by atoms with van der Waals surface area (Å²) >= 11 is 11.9. The van der Waals surface area contributed by atoms with E-state index in [1.807, 2.05) is 6.07 Å². The normalized spacial score (nSPS) is 14.0. The van der Waals surface area contributed by atoms with E-state index < -0.39 is 5.91 Å². The highest BCUT2D eigenvalue weighted by Crippen LogP contribution is 2.25. The zero-order valence-corrected chi connectivity index (χ0v) is 17.9. The minimum absolute atomic E-state index is 0.0494. The maximum Gasteiger partial charge on any atom is 0.264 e. The predicted molar refractivity (Wildman–Crippen MR) is 118 cm³/mol. The van der Waals surface area contributed by atoms with Crippen LogP contribution >= 0.6 is 23.2 Å². The van der Waals surface area contributed by atoms with Gasteiger partial charge in [0.25, 0.3) is 11.8 Å². The summed E-state index contributed by atoms with van der Waals surface area (Å²) in [5.41, 5.74) is 1.12. The lowest BCUT2D eigenvalue weighted by atomic mass is 10.1. The second-order valence-electron chi connectivity index (χ2n) is 6.60. The highest BCUT2D eigenvalue weighted by molar-refractivity contribution is 6.35. The van der Waals surface area contributed by atoms with Gasteiger partial charge in [-0.2, -0.15) is 5.26 Å². The fourth-order valence-corrected chi connectivity index (χ4v) is 3.17. The molecular formula is C22H19Cl2N3O4. The molecule has 1 aliphatic heterocycles. The lowest BCUT2D eigenvalue weighted by Crippen LogP contribution is -2.41. The van der Waals surface area contributed by atoms with Crippen LogP contribution in [-0.4, -0.2) is 49.6 Å². The van der Waals surface area contributed by atoms with Crippen molar-refractivity contribution in [3.8, 4) is 11.8 Å². The van der Waals surface area contributed by atoms with E-state index in [9.17, 15) is 14.9 Å². The van der Waals surface area contributed by atoms with Crippen molar-refractivity contribution in [1.82, 2.24) is 4.90 Å². The summed E-state index contributed by atoms with van der Waals surface area (Å²) in [6, 6.07) is 13.4. The van der Waals surface area contributed by atoms with E-state index in [1.54, 1.807) is 47.4 Å². The van der Waals surface area contributed by atoms with Gasteiger partial charge in [-0.3, -0.25) is 9.59 Å². The van der Waals surface area contributed by atoms with Gasteiger partial charge in [0.15, 0.2) is 6.61 Å². The summed E-state index contributed by atoms with van der Waals surface area (Å²) in [6.45, 7) is 1.64. The average Bonchev–Trinajstić information content (AvgIpc) is 2.79. The lowest BCUT2D eigenvalue weighted by molar-refractivity contribution is -0.130. The molecule has 1 fully saturated rings. The van der Waals surface area contributed by atoms with Crippen LogP contribution in [0, 0.1) is 11.3 Å². The van der Waals surface area contributed by atoms with Crippen LogP contribution < -0.4 is 10.1 Å². The molecule has 2 aromatic rings. The van der Waals surface area contributed by atoms with Crippen molar-refractivity contribution in [3.63, 3.8) is 0 Å². The number of anilines is 1. The van der Waals surface area contributed by atoms with Crippen molar-refractivity contribution in [3.05, 3.63) is 63.6 Å². The first-order chi connectivity index (χ1) is 15.0. The minimum Gasteiger partial charge on any atom is -0.484 e. The Morgan fingerprint density at radius 1 is 1.16 bits per heavy atom. The average molecular weight is 460 g/mol. The van der Waals surface area contributed by atoms with E-state index in [0.29, 0.717) is 53.3 Å². The van der Waals surface area contributed by atoms with Gasteiger partial charge in [0.2, 0.25) is 0 Å². The summed E-state index contributed by atoms with van der Waals surface area (Å²) < 4.78 is 10.7. The van der Waals surface area contributed by atoms with Gasteiger partial charge in [0.1, 0.15) is 17.4 Å². The minimum atomic E-state index is -0.393. The molecule has 1 saturated heterocycles. The second-order valence-corrected chi connectivity index (χ2v) is 7.45. The fourth-order valence-electron chi connectivity index (χ4n) is 2.83. The van der Waals surface area contributed by atoms with E-state index in [4.69, 9.17) is 32.7 Å². The van der Waals surface area contributed by atoms with Gasteiger partial charge >= 0.3 is 0 Å². The molecule has 0 aliphatic carbocycles. The van der Waals surface area contributed by atoms with Crippen LogP contribution in [0.15, 0.2) is 48.0 Å². The molecule has 1 N–H and O–H groups in total. The maximum absolute atomic E-state index is 12.5. The van der Waals surface area contributed by atoms with Crippen molar-refractivity contribution in [2.75, 3.05) is 38.2 Å². The van der Waals surface area contributed by atoms with E-state index in [2.05, 4.69) is 5.32 Å². The number of benzene rings is 2. The zero-order chi connectivity index (χ0) is 22.2. The van der Waals surface area contributed by atoms with Crippen molar-refractivity contribution >= 4 is 46.8 Å². The monoisotopic (exact) mass is 459 g/mol. The Balaban J connectivity index is 1.57. The molecular weight excluding hydrogens is 441 g/mol. The first-order valence-electron chi connectivity index (χ1n) is 9.43. The van der Waals surface area contributed by atoms with Crippen molar-refractivity contribution in [2.45, 2.75) is 0 Å². The molecule has 31 heavy (non-hydrogen) atoms. The fraction of sp³-hybridized carbons (Fsp3) is 0.227. The predicted octanol–water partition coefficient (Wildman–Crippen LogP) is 3.78. The van der Waals surface area contributed by atoms with E-state index in [1.165, 1.54) is 6.08 Å². The molecule has 2 amide bonds. The highest BCUT2D eigenvalue weighted by Gasteiger charge is 2.20. The van der Waals surface area contributed by atoms with Gasteiger partial charge in [-0.05, 0) is 42.0 Å². The molecule has 1 aliphatic rings. The smallest absolute Gasteiger partial charge is 0.264 e. The number of amides is 2. The summed E-state index contributed by atoms with van der Waals surface area (Å²) in [5, 5.41) is 12.8. The molecule has 0 bridgehead atoms. The number of nitrogens with one attached hydrogen (secondary N) is 1. The van der Waals surface area contributed by atoms with E-state index in [0.717, 1.165) is 0 Å². The van der Waals surface area contributed by atoms with Gasteiger partial charge in [0.05, 0.1) is 23.9 Å². The number of morpholine rings is 1. The molecule has 1 heterocycles. The van der Waals surface area contributed by atoms with E-state index in [-0.39, 0.29) is 18.1 Å². The van der Waals surface area contributed by atoms with Crippen LogP contribution in [0.5, 0.6) is 5.75 Å². The molecule has 0 atom stereocenters. The Morgan fingerprint density at radius 2 is 1.87 bits per heavy atom. The molecule has 0 spiro atoms. The Bertz CT molecular complexity index is 1030. The highest BCUT2D eigenvalue weighted by atomic mass is 35.5. The number of hydrogen-bond donors (Lipinski definition) is 1. The second kappa shape index (κ2) is 10.8. The van der Waals surface area contributed by atoms with Crippen molar-refractivity contribution in [1.29, 1.82) is 5.26 Å². The van der Waals surface area contributed by atoms with Gasteiger partial charge < -0.3 is 19.7 Å². The standard InChI is InChI=1S/C22H19Cl2N3O4/c23-17-3-6-19(24)20(12-17)26-21(28)14-31-18-4-1-15(2-5-18)11-16(13-25)22(29)27-7-9-30-10-8-27/h1-6,11-12H,7-10,14H2,(H,26,28)/b16-11+. The van der Waals surface area contributed by atoms with Crippen LogP contribution in [0.3, 0.4) is 0 Å². The third-order valence-corrected chi connectivity index (χ3v) is 4.98. The topological polar surface area (TPSA) is 91.7 Å². The molecule has 3 rings (SSSR count). The number of carbonyl (C=O) groups is 2. The van der Waals surface area contributed by atoms with Crippen LogP contribution in [0.1, 0.15) is 5.56 Å². The van der Waals surface area contributed by atoms with Crippen LogP contribution in [-0.2, 0) is 14.3 Å². The lowest BCUT2D eigenvalue weighted by Gasteiger charge is -2.26. The largest absolute Gasteiger partial charge is 0.484 e. The third-order valence-electron chi connectivity index (χ3n) is 4.41. The molecule has 0 saturated carbocycles. The Morgan fingerprint density at radius 3 is 2.55 bits per heavy atom. The molecule has 2 aromatic carbocycles. The first kappa shape index (κ1) is 22.6. The van der Waals surface area contributed by atoms with Gasteiger partial charge in [-0.25, -0.2) is 0 Å². The maximum atomic E-state index is 12.5. The summed E-state index contributed by atoms with van der Waals surface area (Å²) in [6.07, 6.45) is 1.52. The van der Waals surface area contributed by atoms with Crippen molar-refractivity contribution < 1.29 is 19.1 Å². The van der Waals surface area contributed by atoms with Crippen LogP contribution in [0.2, 0.25) is 10.0 Å². The Kier molecular flexibility index (Phi) is 7.90. The quantitative estimate of drug-likeness (QED) is 0.524. The van der Waals surface area contributed by atoms with Gasteiger partial charge in [0, 0.05) is 18.1 Å². The zero-order valence-electron chi connectivity index (χ0n) is 16.4. The third kappa shape index (κ3) is 6.46.